The summed E-state index contributed by atoms with van der Waals surface area (Å²) in [6.45, 7) is 0. The molecule has 0 atom stereocenters. The summed E-state index contributed by atoms with van der Waals surface area (Å²) in [6, 6.07) is 10.5. The van der Waals surface area contributed by atoms with Crippen LogP contribution < -0.4 is 10.6 Å². The maximum atomic E-state index is 12.9. The van der Waals surface area contributed by atoms with E-state index in [2.05, 4.69) is 20.6 Å². The molecular weight excluding hydrogens is 366 g/mol. The van der Waals surface area contributed by atoms with Crippen molar-refractivity contribution in [2.45, 2.75) is 0 Å². The number of rotatable bonds is 4. The molecule has 0 bridgehead atoms. The number of anilines is 3. The first-order valence-electron chi connectivity index (χ1n) is 7.13. The Bertz CT molecular complexity index is 881. The minimum absolute atomic E-state index is 0.111. The summed E-state index contributed by atoms with van der Waals surface area (Å²) in [5.41, 5.74) is 1.07. The largest absolute Gasteiger partial charge is 0.337 e. The molecule has 0 saturated heterocycles. The summed E-state index contributed by atoms with van der Waals surface area (Å²) < 4.78 is 12.9. The SMILES string of the molecule is O=C(Nc1ccc(F)cc1)c1cnc(Nc2c(Cl)cccc2Cl)cn1. The fraction of sp³-hybridized carbons (Fsp3) is 0. The lowest BCUT2D eigenvalue weighted by Gasteiger charge is -2.09. The molecule has 1 aromatic heterocycles. The molecule has 1 amide bonds. The van der Waals surface area contributed by atoms with Crippen LogP contribution in [-0.4, -0.2) is 15.9 Å². The van der Waals surface area contributed by atoms with Crippen LogP contribution in [0.15, 0.2) is 54.9 Å². The van der Waals surface area contributed by atoms with E-state index in [-0.39, 0.29) is 11.5 Å². The van der Waals surface area contributed by atoms with E-state index in [1.165, 1.54) is 36.7 Å². The summed E-state index contributed by atoms with van der Waals surface area (Å²) in [7, 11) is 0. The minimum Gasteiger partial charge on any atom is -0.337 e. The Balaban J connectivity index is 1.71. The van der Waals surface area contributed by atoms with Gasteiger partial charge < -0.3 is 10.6 Å². The number of carbonyl (C=O) groups is 1. The molecule has 3 aromatic rings. The highest BCUT2D eigenvalue weighted by molar-refractivity contribution is 6.39. The zero-order chi connectivity index (χ0) is 17.8. The molecule has 3 rings (SSSR count). The lowest BCUT2D eigenvalue weighted by atomic mass is 10.3. The Morgan fingerprint density at radius 2 is 1.64 bits per heavy atom. The van der Waals surface area contributed by atoms with Gasteiger partial charge in [-0.05, 0) is 36.4 Å². The standard InChI is InChI=1S/C17H11Cl2FN4O/c18-12-2-1-3-13(19)16(12)24-15-9-21-14(8-22-15)17(25)23-11-6-4-10(20)5-7-11/h1-9H,(H,22,24)(H,23,25). The average molecular weight is 377 g/mol. The monoisotopic (exact) mass is 376 g/mol. The van der Waals surface area contributed by atoms with Crippen LogP contribution in [0.4, 0.5) is 21.6 Å². The van der Waals surface area contributed by atoms with Gasteiger partial charge in [0.1, 0.15) is 17.3 Å². The molecule has 126 valence electrons. The van der Waals surface area contributed by atoms with Gasteiger partial charge in [0.05, 0.1) is 28.1 Å². The zero-order valence-electron chi connectivity index (χ0n) is 12.6. The number of nitrogens with one attached hydrogen (secondary N) is 2. The highest BCUT2D eigenvalue weighted by Gasteiger charge is 2.10. The number of carbonyl (C=O) groups excluding carboxylic acids is 1. The van der Waals surface area contributed by atoms with E-state index in [4.69, 9.17) is 23.2 Å². The van der Waals surface area contributed by atoms with Crippen LogP contribution in [-0.2, 0) is 0 Å². The highest BCUT2D eigenvalue weighted by atomic mass is 35.5. The molecule has 0 aliphatic carbocycles. The van der Waals surface area contributed by atoms with E-state index in [1.54, 1.807) is 18.2 Å². The number of amides is 1. The van der Waals surface area contributed by atoms with Gasteiger partial charge in [-0.3, -0.25) is 4.79 Å². The van der Waals surface area contributed by atoms with Crippen molar-refractivity contribution in [1.82, 2.24) is 9.97 Å². The molecule has 0 spiro atoms. The molecule has 2 N–H and O–H groups in total. The van der Waals surface area contributed by atoms with Crippen molar-refractivity contribution in [3.63, 3.8) is 0 Å². The van der Waals surface area contributed by atoms with Crippen molar-refractivity contribution in [1.29, 1.82) is 0 Å². The molecule has 0 aliphatic heterocycles. The van der Waals surface area contributed by atoms with E-state index >= 15 is 0 Å². The van der Waals surface area contributed by atoms with Crippen LogP contribution in [0, 0.1) is 5.82 Å². The van der Waals surface area contributed by atoms with Gasteiger partial charge in [0.25, 0.3) is 5.91 Å². The van der Waals surface area contributed by atoms with Gasteiger partial charge >= 0.3 is 0 Å². The lowest BCUT2D eigenvalue weighted by Crippen LogP contribution is -2.14. The first-order chi connectivity index (χ1) is 12.0. The van der Waals surface area contributed by atoms with E-state index in [0.29, 0.717) is 27.2 Å². The summed E-state index contributed by atoms with van der Waals surface area (Å²) in [5, 5.41) is 6.43. The number of para-hydroxylation sites is 1. The molecule has 0 unspecified atom stereocenters. The average Bonchev–Trinajstić information content (AvgIpc) is 2.61. The Morgan fingerprint density at radius 1 is 0.960 bits per heavy atom. The number of aromatic nitrogens is 2. The predicted molar refractivity (Wildman–Crippen MR) is 96.1 cm³/mol. The fourth-order valence-electron chi connectivity index (χ4n) is 1.98. The normalized spacial score (nSPS) is 10.4. The van der Waals surface area contributed by atoms with Crippen molar-refractivity contribution in [2.75, 3.05) is 10.6 Å². The van der Waals surface area contributed by atoms with Crippen molar-refractivity contribution in [3.8, 4) is 0 Å². The van der Waals surface area contributed by atoms with Crippen LogP contribution in [0.1, 0.15) is 10.5 Å². The molecule has 1 heterocycles. The van der Waals surface area contributed by atoms with Crippen LogP contribution in [0.5, 0.6) is 0 Å². The molecule has 0 saturated carbocycles. The third-order valence-electron chi connectivity index (χ3n) is 3.20. The smallest absolute Gasteiger partial charge is 0.275 e. The Labute approximate surface area is 152 Å². The first-order valence-corrected chi connectivity index (χ1v) is 7.88. The van der Waals surface area contributed by atoms with Gasteiger partial charge in [-0.15, -0.1) is 0 Å². The topological polar surface area (TPSA) is 66.9 Å². The predicted octanol–water partition coefficient (Wildman–Crippen LogP) is 4.92. The maximum absolute atomic E-state index is 12.9. The summed E-state index contributed by atoms with van der Waals surface area (Å²) in [6.07, 6.45) is 2.70. The summed E-state index contributed by atoms with van der Waals surface area (Å²) in [4.78, 5) is 20.3. The minimum atomic E-state index is -0.457. The highest BCUT2D eigenvalue weighted by Crippen LogP contribution is 2.31. The quantitative estimate of drug-likeness (QED) is 0.678. The molecule has 0 radical (unpaired) electrons. The zero-order valence-corrected chi connectivity index (χ0v) is 14.1. The summed E-state index contributed by atoms with van der Waals surface area (Å²) >= 11 is 12.2. The number of hydrogen-bond donors (Lipinski definition) is 2. The van der Waals surface area contributed by atoms with Crippen LogP contribution in [0.2, 0.25) is 10.0 Å². The molecule has 0 fully saturated rings. The van der Waals surface area contributed by atoms with Crippen LogP contribution >= 0.6 is 23.2 Å². The Morgan fingerprint density at radius 3 is 2.24 bits per heavy atom. The van der Waals surface area contributed by atoms with E-state index in [1.807, 2.05) is 0 Å². The van der Waals surface area contributed by atoms with Gasteiger partial charge in [0.2, 0.25) is 0 Å². The second-order valence-corrected chi connectivity index (χ2v) is 5.78. The third-order valence-corrected chi connectivity index (χ3v) is 3.83. The third kappa shape index (κ3) is 4.23. The van der Waals surface area contributed by atoms with Gasteiger partial charge in [0.15, 0.2) is 0 Å². The molecule has 0 aliphatic rings. The fourth-order valence-corrected chi connectivity index (χ4v) is 2.48. The van der Waals surface area contributed by atoms with Crippen molar-refractivity contribution < 1.29 is 9.18 Å². The lowest BCUT2D eigenvalue weighted by molar-refractivity contribution is 0.102. The van der Waals surface area contributed by atoms with Crippen molar-refractivity contribution >= 4 is 46.3 Å². The second kappa shape index (κ2) is 7.46. The number of hydrogen-bond acceptors (Lipinski definition) is 4. The summed E-state index contributed by atoms with van der Waals surface area (Å²) in [5.74, 6) is -0.457. The van der Waals surface area contributed by atoms with E-state index < -0.39 is 5.91 Å². The second-order valence-electron chi connectivity index (χ2n) is 4.97. The van der Waals surface area contributed by atoms with E-state index in [9.17, 15) is 9.18 Å². The van der Waals surface area contributed by atoms with Crippen LogP contribution in [0.3, 0.4) is 0 Å². The first kappa shape index (κ1) is 17.1. The molecular formula is C17H11Cl2FN4O. The van der Waals surface area contributed by atoms with Crippen LogP contribution in [0.25, 0.3) is 0 Å². The van der Waals surface area contributed by atoms with Gasteiger partial charge in [0, 0.05) is 5.69 Å². The number of benzene rings is 2. The Hall–Kier alpha value is -2.70. The Kier molecular flexibility index (Phi) is 5.11. The molecule has 5 nitrogen and oxygen atoms in total. The molecule has 2 aromatic carbocycles. The molecule has 25 heavy (non-hydrogen) atoms. The van der Waals surface area contributed by atoms with Gasteiger partial charge in [-0.1, -0.05) is 29.3 Å². The maximum Gasteiger partial charge on any atom is 0.275 e. The van der Waals surface area contributed by atoms with E-state index in [0.717, 1.165) is 0 Å². The van der Waals surface area contributed by atoms with Gasteiger partial charge in [-0.2, -0.15) is 0 Å². The molecule has 8 heteroatoms. The van der Waals surface area contributed by atoms with Crippen molar-refractivity contribution in [3.05, 3.63) is 76.4 Å². The van der Waals surface area contributed by atoms with Gasteiger partial charge in [-0.25, -0.2) is 14.4 Å². The number of halogens is 3. The number of nitrogens with zero attached hydrogens (tertiary/aromatic N) is 2. The van der Waals surface area contributed by atoms with Crippen molar-refractivity contribution in [2.24, 2.45) is 0 Å².